The summed E-state index contributed by atoms with van der Waals surface area (Å²) < 4.78 is 8.20. The Bertz CT molecular complexity index is 1040. The Morgan fingerprint density at radius 2 is 2.03 bits per heavy atom. The third-order valence-corrected chi connectivity index (χ3v) is 5.97. The van der Waals surface area contributed by atoms with Crippen molar-refractivity contribution < 1.29 is 4.74 Å². The maximum absolute atomic E-state index is 9.11. The van der Waals surface area contributed by atoms with Crippen molar-refractivity contribution in [3.05, 3.63) is 42.1 Å². The Morgan fingerprint density at radius 3 is 2.76 bits per heavy atom. The maximum Gasteiger partial charge on any atom is 0.222 e. The number of pyridine rings is 1. The Hall–Kier alpha value is -2.91. The summed E-state index contributed by atoms with van der Waals surface area (Å²) in [5, 5.41) is 17.1. The summed E-state index contributed by atoms with van der Waals surface area (Å²) in [4.78, 5) is 4.82. The molecule has 5 rings (SSSR count). The molecule has 1 saturated heterocycles. The van der Waals surface area contributed by atoms with Gasteiger partial charge < -0.3 is 10.1 Å². The van der Waals surface area contributed by atoms with E-state index in [9.17, 15) is 0 Å². The van der Waals surface area contributed by atoms with E-state index in [1.165, 1.54) is 19.3 Å². The standard InChI is InChI=1S/C23H25N5O/c24-12-17-3-5-19(6-4-17)20-11-22-21(27-23(20)29-10-8-16-1-2-16)14-26-28(22)15-18-7-9-25-13-18/h3-6,11,14,16,18,25H,1-2,7-10,13,15H2. The van der Waals surface area contributed by atoms with Crippen LogP contribution < -0.4 is 10.1 Å². The van der Waals surface area contributed by atoms with Crippen molar-refractivity contribution in [3.8, 4) is 23.1 Å². The monoisotopic (exact) mass is 387 g/mol. The Morgan fingerprint density at radius 1 is 1.17 bits per heavy atom. The van der Waals surface area contributed by atoms with Crippen LogP contribution in [0.4, 0.5) is 0 Å². The van der Waals surface area contributed by atoms with Gasteiger partial charge in [0, 0.05) is 12.1 Å². The van der Waals surface area contributed by atoms with Gasteiger partial charge in [0.1, 0.15) is 5.52 Å². The third kappa shape index (κ3) is 3.96. The molecule has 148 valence electrons. The average Bonchev–Trinajstić information content (AvgIpc) is 3.28. The highest BCUT2D eigenvalue weighted by Crippen LogP contribution is 2.35. The van der Waals surface area contributed by atoms with Crippen LogP contribution in [0.15, 0.2) is 36.5 Å². The molecule has 1 unspecified atom stereocenters. The molecule has 0 bridgehead atoms. The van der Waals surface area contributed by atoms with Crippen molar-refractivity contribution in [1.29, 1.82) is 5.26 Å². The van der Waals surface area contributed by atoms with Gasteiger partial charge in [0.05, 0.1) is 30.0 Å². The van der Waals surface area contributed by atoms with Gasteiger partial charge in [-0.2, -0.15) is 10.4 Å². The van der Waals surface area contributed by atoms with Crippen LogP contribution in [-0.4, -0.2) is 34.5 Å². The fourth-order valence-corrected chi connectivity index (χ4v) is 4.02. The summed E-state index contributed by atoms with van der Waals surface area (Å²) in [7, 11) is 0. The molecule has 0 spiro atoms. The normalized spacial score (nSPS) is 18.8. The first-order chi connectivity index (χ1) is 14.3. The van der Waals surface area contributed by atoms with Crippen molar-refractivity contribution in [2.45, 2.75) is 32.2 Å². The second kappa shape index (κ2) is 7.84. The smallest absolute Gasteiger partial charge is 0.222 e. The van der Waals surface area contributed by atoms with Gasteiger partial charge in [-0.25, -0.2) is 4.98 Å². The first-order valence-electron chi connectivity index (χ1n) is 10.5. The van der Waals surface area contributed by atoms with Crippen LogP contribution >= 0.6 is 0 Å². The lowest BCUT2D eigenvalue weighted by Crippen LogP contribution is -2.15. The molecule has 1 aliphatic carbocycles. The lowest BCUT2D eigenvalue weighted by Gasteiger charge is -2.13. The number of nitriles is 1. The molecule has 3 heterocycles. The van der Waals surface area contributed by atoms with E-state index >= 15 is 0 Å². The minimum absolute atomic E-state index is 0.603. The fourth-order valence-electron chi connectivity index (χ4n) is 4.02. The molecule has 6 nitrogen and oxygen atoms in total. The van der Waals surface area contributed by atoms with E-state index in [1.54, 1.807) is 0 Å². The van der Waals surface area contributed by atoms with Gasteiger partial charge in [0.2, 0.25) is 5.88 Å². The molecule has 0 radical (unpaired) electrons. The molecular formula is C23H25N5O. The molecule has 1 N–H and O–H groups in total. The van der Waals surface area contributed by atoms with E-state index in [-0.39, 0.29) is 0 Å². The average molecular weight is 387 g/mol. The van der Waals surface area contributed by atoms with Gasteiger partial charge in [0.25, 0.3) is 0 Å². The largest absolute Gasteiger partial charge is 0.477 e. The van der Waals surface area contributed by atoms with Crippen molar-refractivity contribution in [3.63, 3.8) is 0 Å². The molecule has 1 atom stereocenters. The zero-order chi connectivity index (χ0) is 19.6. The number of fused-ring (bicyclic) bond motifs is 1. The molecule has 3 aromatic rings. The molecule has 0 amide bonds. The number of nitrogens with zero attached hydrogens (tertiary/aromatic N) is 4. The Balaban J connectivity index is 1.50. The van der Waals surface area contributed by atoms with Crippen LogP contribution in [-0.2, 0) is 6.54 Å². The van der Waals surface area contributed by atoms with E-state index < -0.39 is 0 Å². The molecule has 1 aliphatic heterocycles. The lowest BCUT2D eigenvalue weighted by molar-refractivity contribution is 0.293. The molecule has 29 heavy (non-hydrogen) atoms. The highest BCUT2D eigenvalue weighted by Gasteiger charge is 2.22. The molecule has 1 aromatic carbocycles. The fraction of sp³-hybridized carbons (Fsp3) is 0.435. The van der Waals surface area contributed by atoms with Crippen LogP contribution in [0.3, 0.4) is 0 Å². The van der Waals surface area contributed by atoms with E-state index in [0.29, 0.717) is 24.0 Å². The topological polar surface area (TPSA) is 75.8 Å². The van der Waals surface area contributed by atoms with Gasteiger partial charge in [-0.1, -0.05) is 25.0 Å². The van der Waals surface area contributed by atoms with E-state index in [4.69, 9.17) is 15.0 Å². The van der Waals surface area contributed by atoms with Crippen LogP contribution in [0.5, 0.6) is 5.88 Å². The Kier molecular flexibility index (Phi) is 4.91. The number of nitrogens with one attached hydrogen (secondary N) is 1. The van der Waals surface area contributed by atoms with E-state index in [2.05, 4.69) is 27.2 Å². The van der Waals surface area contributed by atoms with Crippen molar-refractivity contribution >= 4 is 11.0 Å². The number of rotatable bonds is 7. The second-order valence-corrected chi connectivity index (χ2v) is 8.20. The zero-order valence-electron chi connectivity index (χ0n) is 16.5. The van der Waals surface area contributed by atoms with Crippen molar-refractivity contribution in [1.82, 2.24) is 20.1 Å². The van der Waals surface area contributed by atoms with Gasteiger partial charge in [-0.05, 0) is 61.5 Å². The summed E-state index contributed by atoms with van der Waals surface area (Å²) in [6, 6.07) is 11.9. The van der Waals surface area contributed by atoms with Crippen molar-refractivity contribution in [2.24, 2.45) is 11.8 Å². The van der Waals surface area contributed by atoms with Crippen molar-refractivity contribution in [2.75, 3.05) is 19.7 Å². The number of hydrogen-bond acceptors (Lipinski definition) is 5. The number of aromatic nitrogens is 3. The molecule has 2 aromatic heterocycles. The highest BCUT2D eigenvalue weighted by atomic mass is 16.5. The molecule has 2 aliphatic rings. The molecular weight excluding hydrogens is 362 g/mol. The number of ether oxygens (including phenoxy) is 1. The first-order valence-corrected chi connectivity index (χ1v) is 10.5. The third-order valence-electron chi connectivity index (χ3n) is 5.97. The predicted octanol–water partition coefficient (Wildman–Crippen LogP) is 3.76. The highest BCUT2D eigenvalue weighted by molar-refractivity contribution is 5.83. The van der Waals surface area contributed by atoms with E-state index in [0.717, 1.165) is 54.1 Å². The van der Waals surface area contributed by atoms with Gasteiger partial charge in [0.15, 0.2) is 0 Å². The van der Waals surface area contributed by atoms with Crippen LogP contribution in [0.25, 0.3) is 22.2 Å². The SMILES string of the molecule is N#Cc1ccc(-c2cc3c(cnn3CC3CCNC3)nc2OCCC2CC2)cc1. The van der Waals surface area contributed by atoms with Gasteiger partial charge in [-0.15, -0.1) is 0 Å². The summed E-state index contributed by atoms with van der Waals surface area (Å²) in [6.45, 7) is 3.71. The quantitative estimate of drug-likeness (QED) is 0.668. The summed E-state index contributed by atoms with van der Waals surface area (Å²) in [6.07, 6.45) is 6.75. The van der Waals surface area contributed by atoms with Gasteiger partial charge >= 0.3 is 0 Å². The van der Waals surface area contributed by atoms with Crippen LogP contribution in [0.1, 0.15) is 31.2 Å². The van der Waals surface area contributed by atoms with Gasteiger partial charge in [-0.3, -0.25) is 4.68 Å². The van der Waals surface area contributed by atoms with E-state index in [1.807, 2.05) is 30.5 Å². The summed E-state index contributed by atoms with van der Waals surface area (Å²) in [5.41, 5.74) is 4.53. The number of hydrogen-bond donors (Lipinski definition) is 1. The second-order valence-electron chi connectivity index (χ2n) is 8.20. The zero-order valence-corrected chi connectivity index (χ0v) is 16.5. The molecule has 1 saturated carbocycles. The van der Waals surface area contributed by atoms with Crippen LogP contribution in [0.2, 0.25) is 0 Å². The summed E-state index contributed by atoms with van der Waals surface area (Å²) >= 11 is 0. The number of benzene rings is 1. The molecule has 6 heteroatoms. The first kappa shape index (κ1) is 18.1. The summed E-state index contributed by atoms with van der Waals surface area (Å²) in [5.74, 6) is 2.08. The minimum Gasteiger partial charge on any atom is -0.477 e. The lowest BCUT2D eigenvalue weighted by atomic mass is 10.0. The maximum atomic E-state index is 9.11. The Labute approximate surface area is 170 Å². The molecule has 2 fully saturated rings. The predicted molar refractivity (Wildman–Crippen MR) is 111 cm³/mol. The minimum atomic E-state index is 0.603. The van der Waals surface area contributed by atoms with Crippen LogP contribution in [0, 0.1) is 23.2 Å².